The second kappa shape index (κ2) is 5.12. The quantitative estimate of drug-likeness (QED) is 0.844. The predicted octanol–water partition coefficient (Wildman–Crippen LogP) is 1.59. The largest absolute Gasteiger partial charge is 0.357 e. The van der Waals surface area contributed by atoms with E-state index in [9.17, 15) is 4.79 Å². The Bertz CT molecular complexity index is 407. The molecule has 2 rings (SSSR count). The Morgan fingerprint density at radius 2 is 2.35 bits per heavy atom. The molecular weight excluding hydrogens is 216 g/mol. The number of amides is 1. The van der Waals surface area contributed by atoms with Crippen LogP contribution in [0.3, 0.4) is 0 Å². The van der Waals surface area contributed by atoms with Crippen LogP contribution in [0.2, 0.25) is 0 Å². The molecule has 0 unspecified atom stereocenters. The van der Waals surface area contributed by atoms with Crippen LogP contribution in [0.1, 0.15) is 37.9 Å². The normalized spacial score (nSPS) is 20.1. The van der Waals surface area contributed by atoms with Gasteiger partial charge in [-0.05, 0) is 25.3 Å². The molecule has 5 heteroatoms. The molecule has 1 aliphatic heterocycles. The molecule has 1 aromatic rings. The molecule has 1 aromatic heterocycles. The average molecular weight is 234 g/mol. The highest BCUT2D eigenvalue weighted by molar-refractivity contribution is 5.73. The summed E-state index contributed by atoms with van der Waals surface area (Å²) in [4.78, 5) is 22.0. The summed E-state index contributed by atoms with van der Waals surface area (Å²) in [5.74, 6) is 0.732. The molecule has 0 spiro atoms. The van der Waals surface area contributed by atoms with E-state index in [-0.39, 0.29) is 11.9 Å². The number of anilines is 1. The van der Waals surface area contributed by atoms with Gasteiger partial charge >= 0.3 is 0 Å². The number of nitrogens with one attached hydrogen (secondary N) is 1. The third-order valence-corrected chi connectivity index (χ3v) is 3.15. The molecule has 17 heavy (non-hydrogen) atoms. The van der Waals surface area contributed by atoms with Crippen LogP contribution in [0.5, 0.6) is 0 Å². The van der Waals surface area contributed by atoms with Crippen LogP contribution in [0.4, 0.5) is 5.95 Å². The van der Waals surface area contributed by atoms with Crippen LogP contribution >= 0.6 is 0 Å². The van der Waals surface area contributed by atoms with Gasteiger partial charge in [0.2, 0.25) is 11.9 Å². The van der Waals surface area contributed by atoms with Crippen molar-refractivity contribution < 1.29 is 4.79 Å². The Labute approximate surface area is 101 Å². The standard InChI is InChI=1S/C12H18N4O/c1-9(17)16-8-4-3-5-11(16)10-6-7-14-12(13-2)15-10/h6-7,11H,3-5,8H2,1-2H3,(H,13,14,15)/t11-/m0/s1. The predicted molar refractivity (Wildman–Crippen MR) is 65.6 cm³/mol. The van der Waals surface area contributed by atoms with Gasteiger partial charge in [-0.15, -0.1) is 0 Å². The van der Waals surface area contributed by atoms with Crippen molar-refractivity contribution in [1.29, 1.82) is 0 Å². The maximum atomic E-state index is 11.6. The van der Waals surface area contributed by atoms with Gasteiger partial charge < -0.3 is 10.2 Å². The number of aromatic nitrogens is 2. The van der Waals surface area contributed by atoms with Gasteiger partial charge in [0.05, 0.1) is 11.7 Å². The van der Waals surface area contributed by atoms with E-state index in [0.29, 0.717) is 5.95 Å². The van der Waals surface area contributed by atoms with E-state index < -0.39 is 0 Å². The van der Waals surface area contributed by atoms with Crippen molar-refractivity contribution in [2.45, 2.75) is 32.2 Å². The first-order valence-corrected chi connectivity index (χ1v) is 6.00. The molecule has 0 radical (unpaired) electrons. The third-order valence-electron chi connectivity index (χ3n) is 3.15. The van der Waals surface area contributed by atoms with Gasteiger partial charge in [-0.3, -0.25) is 4.79 Å². The monoisotopic (exact) mass is 234 g/mol. The molecule has 0 saturated carbocycles. The molecule has 1 fully saturated rings. The van der Waals surface area contributed by atoms with Crippen molar-refractivity contribution in [2.24, 2.45) is 0 Å². The van der Waals surface area contributed by atoms with Crippen molar-refractivity contribution in [3.63, 3.8) is 0 Å². The Balaban J connectivity index is 2.26. The summed E-state index contributed by atoms with van der Waals surface area (Å²) in [6, 6.07) is 2.00. The molecule has 1 amide bonds. The maximum Gasteiger partial charge on any atom is 0.222 e. The van der Waals surface area contributed by atoms with Crippen LogP contribution in [0.15, 0.2) is 12.3 Å². The molecule has 1 saturated heterocycles. The SMILES string of the molecule is CNc1nccc([C@@H]2CCCCN2C(C)=O)n1. The summed E-state index contributed by atoms with van der Waals surface area (Å²) in [5.41, 5.74) is 0.930. The fraction of sp³-hybridized carbons (Fsp3) is 0.583. The highest BCUT2D eigenvalue weighted by Crippen LogP contribution is 2.29. The molecule has 0 aliphatic carbocycles. The molecule has 1 N–H and O–H groups in total. The first-order valence-electron chi connectivity index (χ1n) is 6.00. The van der Waals surface area contributed by atoms with E-state index >= 15 is 0 Å². The number of hydrogen-bond acceptors (Lipinski definition) is 4. The first kappa shape index (κ1) is 11.8. The minimum atomic E-state index is 0.108. The fourth-order valence-corrected chi connectivity index (χ4v) is 2.29. The van der Waals surface area contributed by atoms with Crippen LogP contribution in [-0.2, 0) is 4.79 Å². The number of nitrogens with zero attached hydrogens (tertiary/aromatic N) is 3. The number of hydrogen-bond donors (Lipinski definition) is 1. The highest BCUT2D eigenvalue weighted by atomic mass is 16.2. The van der Waals surface area contributed by atoms with E-state index in [1.54, 1.807) is 20.2 Å². The minimum absolute atomic E-state index is 0.108. The highest BCUT2D eigenvalue weighted by Gasteiger charge is 2.26. The summed E-state index contributed by atoms with van der Waals surface area (Å²) in [6.45, 7) is 2.46. The summed E-state index contributed by atoms with van der Waals surface area (Å²) in [5, 5.41) is 2.92. The van der Waals surface area contributed by atoms with Crippen molar-refractivity contribution in [1.82, 2.24) is 14.9 Å². The number of piperidine rings is 1. The van der Waals surface area contributed by atoms with E-state index in [1.165, 1.54) is 0 Å². The molecule has 0 bridgehead atoms. The molecule has 1 atom stereocenters. The lowest BCUT2D eigenvalue weighted by atomic mass is 9.99. The molecule has 1 aliphatic rings. The van der Waals surface area contributed by atoms with Crippen molar-refractivity contribution in [2.75, 3.05) is 18.9 Å². The van der Waals surface area contributed by atoms with Crippen LogP contribution in [0.25, 0.3) is 0 Å². The zero-order valence-electron chi connectivity index (χ0n) is 10.3. The summed E-state index contributed by atoms with van der Waals surface area (Å²) >= 11 is 0. The van der Waals surface area contributed by atoms with Crippen LogP contribution < -0.4 is 5.32 Å². The van der Waals surface area contributed by atoms with Gasteiger partial charge in [0, 0.05) is 26.7 Å². The zero-order valence-corrected chi connectivity index (χ0v) is 10.3. The average Bonchev–Trinajstić information content (AvgIpc) is 2.39. The third kappa shape index (κ3) is 2.54. The molecule has 5 nitrogen and oxygen atoms in total. The van der Waals surface area contributed by atoms with Crippen molar-refractivity contribution >= 4 is 11.9 Å². The number of rotatable bonds is 2. The van der Waals surface area contributed by atoms with Crippen molar-refractivity contribution in [3.05, 3.63) is 18.0 Å². The van der Waals surface area contributed by atoms with Gasteiger partial charge in [-0.2, -0.15) is 0 Å². The van der Waals surface area contributed by atoms with Crippen LogP contribution in [0, 0.1) is 0 Å². The zero-order chi connectivity index (χ0) is 12.3. The summed E-state index contributed by atoms with van der Waals surface area (Å²) in [7, 11) is 1.79. The maximum absolute atomic E-state index is 11.6. The van der Waals surface area contributed by atoms with Gasteiger partial charge in [0.15, 0.2) is 0 Å². The summed E-state index contributed by atoms with van der Waals surface area (Å²) < 4.78 is 0. The number of carbonyl (C=O) groups excluding carboxylic acids is 1. The molecule has 0 aromatic carbocycles. The first-order chi connectivity index (χ1) is 8.22. The van der Waals surface area contributed by atoms with E-state index in [0.717, 1.165) is 31.5 Å². The minimum Gasteiger partial charge on any atom is -0.357 e. The molecule has 92 valence electrons. The molecular formula is C12H18N4O. The Morgan fingerprint density at radius 1 is 1.53 bits per heavy atom. The second-order valence-corrected chi connectivity index (χ2v) is 4.28. The lowest BCUT2D eigenvalue weighted by molar-refractivity contribution is -0.132. The smallest absolute Gasteiger partial charge is 0.222 e. The van der Waals surface area contributed by atoms with Crippen LogP contribution in [-0.4, -0.2) is 34.4 Å². The van der Waals surface area contributed by atoms with E-state index in [4.69, 9.17) is 0 Å². The Kier molecular flexibility index (Phi) is 3.56. The second-order valence-electron chi connectivity index (χ2n) is 4.28. The number of carbonyl (C=O) groups is 1. The Morgan fingerprint density at radius 3 is 3.06 bits per heavy atom. The lowest BCUT2D eigenvalue weighted by Gasteiger charge is -2.34. The van der Waals surface area contributed by atoms with Gasteiger partial charge in [-0.25, -0.2) is 9.97 Å². The topological polar surface area (TPSA) is 58.1 Å². The summed E-state index contributed by atoms with van der Waals surface area (Å²) in [6.07, 6.45) is 4.95. The fourth-order valence-electron chi connectivity index (χ4n) is 2.29. The van der Waals surface area contributed by atoms with E-state index in [2.05, 4.69) is 15.3 Å². The lowest BCUT2D eigenvalue weighted by Crippen LogP contribution is -2.37. The van der Waals surface area contributed by atoms with Gasteiger partial charge in [-0.1, -0.05) is 0 Å². The van der Waals surface area contributed by atoms with Gasteiger partial charge in [0.1, 0.15) is 0 Å². The van der Waals surface area contributed by atoms with Crippen molar-refractivity contribution in [3.8, 4) is 0 Å². The van der Waals surface area contributed by atoms with Gasteiger partial charge in [0.25, 0.3) is 0 Å². The Hall–Kier alpha value is -1.65. The van der Waals surface area contributed by atoms with E-state index in [1.807, 2.05) is 11.0 Å². The molecule has 2 heterocycles. The number of likely N-dealkylation sites (tertiary alicyclic amines) is 1.